The fraction of sp³-hybridized carbons (Fsp3) is 0.591. The number of aryl methyl sites for hydroxylation is 1. The standard InChI is InChI=1S/C12H12N4O2S.C8H15N.C2H6/c1-2-10-14-15(6-9(13)17)11(18)8-5-7-3-4-19-12(7)16(8)10;1-2-6-9(7-3-1)8-4-5-8;1-2/h3-5H,2,6H2,1H3,(H2,13,17);8H,1-7H2;1-2H3. The zero-order valence-electron chi connectivity index (χ0n) is 18.3. The molecule has 30 heavy (non-hydrogen) atoms. The van der Waals surface area contributed by atoms with E-state index in [4.69, 9.17) is 5.73 Å². The van der Waals surface area contributed by atoms with Gasteiger partial charge in [-0.15, -0.1) is 11.3 Å². The molecule has 0 unspecified atom stereocenters. The van der Waals surface area contributed by atoms with Gasteiger partial charge in [0, 0.05) is 17.8 Å². The number of carbonyl (C=O) groups is 1. The molecule has 2 aliphatic rings. The SMILES string of the molecule is C1CCN(C2CC2)CC1.CC.CCc1nn(CC(N)=O)c(=O)c2cc3ccsc3n12. The Morgan fingerprint density at radius 1 is 1.23 bits per heavy atom. The number of amides is 1. The van der Waals surface area contributed by atoms with E-state index in [0.717, 1.165) is 26.8 Å². The van der Waals surface area contributed by atoms with Crippen LogP contribution >= 0.6 is 11.3 Å². The average molecular weight is 432 g/mol. The number of carbonyl (C=O) groups excluding carboxylic acids is 1. The zero-order chi connectivity index (χ0) is 21.7. The van der Waals surface area contributed by atoms with Gasteiger partial charge in [-0.05, 0) is 56.3 Å². The van der Waals surface area contributed by atoms with Crippen LogP contribution in [0.4, 0.5) is 0 Å². The molecule has 0 atom stereocenters. The van der Waals surface area contributed by atoms with Crippen LogP contribution in [-0.4, -0.2) is 44.1 Å². The van der Waals surface area contributed by atoms with E-state index in [-0.39, 0.29) is 12.1 Å². The maximum atomic E-state index is 12.3. The number of piperidine rings is 1. The van der Waals surface area contributed by atoms with Crippen LogP contribution in [0.3, 0.4) is 0 Å². The van der Waals surface area contributed by atoms with Crippen LogP contribution in [0, 0.1) is 0 Å². The molecule has 164 valence electrons. The Kier molecular flexibility index (Phi) is 7.66. The third-order valence-electron chi connectivity index (χ3n) is 5.43. The zero-order valence-corrected chi connectivity index (χ0v) is 19.1. The first-order valence-electron chi connectivity index (χ1n) is 11.1. The summed E-state index contributed by atoms with van der Waals surface area (Å²) in [5.41, 5.74) is 5.39. The fourth-order valence-corrected chi connectivity index (χ4v) is 4.82. The number of hydrogen-bond acceptors (Lipinski definition) is 5. The van der Waals surface area contributed by atoms with E-state index in [1.807, 2.05) is 42.7 Å². The average Bonchev–Trinajstić information content (AvgIpc) is 3.41. The van der Waals surface area contributed by atoms with Crippen LogP contribution in [0.2, 0.25) is 0 Å². The Hall–Kier alpha value is -2.19. The van der Waals surface area contributed by atoms with Gasteiger partial charge in [-0.25, -0.2) is 4.68 Å². The Labute approximate surface area is 181 Å². The molecule has 0 bridgehead atoms. The number of primary amides is 1. The van der Waals surface area contributed by atoms with Gasteiger partial charge in [0.15, 0.2) is 0 Å². The Balaban J connectivity index is 0.000000194. The van der Waals surface area contributed by atoms with Crippen molar-refractivity contribution in [2.24, 2.45) is 5.73 Å². The molecule has 2 N–H and O–H groups in total. The molecule has 4 heterocycles. The summed E-state index contributed by atoms with van der Waals surface area (Å²) in [4.78, 5) is 26.9. The van der Waals surface area contributed by atoms with E-state index < -0.39 is 5.91 Å². The second kappa shape index (κ2) is 10.2. The number of aromatic nitrogens is 3. The molecule has 1 saturated carbocycles. The van der Waals surface area contributed by atoms with Crippen molar-refractivity contribution in [2.45, 2.75) is 71.9 Å². The van der Waals surface area contributed by atoms with Crippen LogP contribution < -0.4 is 11.3 Å². The second-order valence-electron chi connectivity index (χ2n) is 7.57. The van der Waals surface area contributed by atoms with Gasteiger partial charge in [-0.1, -0.05) is 27.2 Å². The van der Waals surface area contributed by atoms with Gasteiger partial charge >= 0.3 is 0 Å². The van der Waals surface area contributed by atoms with E-state index in [0.29, 0.717) is 11.9 Å². The minimum absolute atomic E-state index is 0.193. The predicted octanol–water partition coefficient (Wildman–Crippen LogP) is 3.42. The molecule has 1 amide bonds. The molecule has 8 heteroatoms. The maximum absolute atomic E-state index is 12.3. The van der Waals surface area contributed by atoms with E-state index in [1.165, 1.54) is 45.2 Å². The van der Waals surface area contributed by atoms with E-state index in [2.05, 4.69) is 10.00 Å². The number of rotatable bonds is 4. The molecular weight excluding hydrogens is 398 g/mol. The highest BCUT2D eigenvalue weighted by atomic mass is 32.1. The van der Waals surface area contributed by atoms with Crippen molar-refractivity contribution in [1.29, 1.82) is 0 Å². The summed E-state index contributed by atoms with van der Waals surface area (Å²) in [7, 11) is 0. The first-order valence-corrected chi connectivity index (χ1v) is 12.0. The van der Waals surface area contributed by atoms with Crippen LogP contribution in [-0.2, 0) is 17.8 Å². The van der Waals surface area contributed by atoms with Crippen LogP contribution in [0.15, 0.2) is 22.3 Å². The number of fused-ring (bicyclic) bond motifs is 3. The van der Waals surface area contributed by atoms with Gasteiger partial charge in [0.2, 0.25) is 5.91 Å². The van der Waals surface area contributed by atoms with Crippen molar-refractivity contribution in [3.8, 4) is 0 Å². The number of thiophene rings is 1. The molecule has 0 aromatic carbocycles. The van der Waals surface area contributed by atoms with Crippen molar-refractivity contribution in [3.05, 3.63) is 33.7 Å². The second-order valence-corrected chi connectivity index (χ2v) is 8.47. The summed E-state index contributed by atoms with van der Waals surface area (Å²) in [5, 5.41) is 7.22. The highest BCUT2D eigenvalue weighted by molar-refractivity contribution is 7.16. The van der Waals surface area contributed by atoms with Crippen molar-refractivity contribution >= 4 is 33.0 Å². The van der Waals surface area contributed by atoms with Gasteiger partial charge in [0.25, 0.3) is 5.56 Å². The van der Waals surface area contributed by atoms with Crippen LogP contribution in [0.1, 0.15) is 58.7 Å². The Bertz CT molecular complexity index is 1040. The Morgan fingerprint density at radius 3 is 2.53 bits per heavy atom. The van der Waals surface area contributed by atoms with Crippen LogP contribution in [0.25, 0.3) is 15.7 Å². The van der Waals surface area contributed by atoms with Gasteiger partial charge in [-0.2, -0.15) is 5.10 Å². The minimum atomic E-state index is -0.575. The number of hydrogen-bond donors (Lipinski definition) is 1. The summed E-state index contributed by atoms with van der Waals surface area (Å²) in [6.45, 7) is 8.55. The van der Waals surface area contributed by atoms with Crippen molar-refractivity contribution in [3.63, 3.8) is 0 Å². The number of likely N-dealkylation sites (tertiary alicyclic amines) is 1. The minimum Gasteiger partial charge on any atom is -0.368 e. The topological polar surface area (TPSA) is 85.6 Å². The summed E-state index contributed by atoms with van der Waals surface area (Å²) in [6.07, 6.45) is 8.02. The summed E-state index contributed by atoms with van der Waals surface area (Å²) < 4.78 is 3.00. The first-order chi connectivity index (χ1) is 14.6. The van der Waals surface area contributed by atoms with E-state index in [1.54, 1.807) is 11.3 Å². The normalized spacial score (nSPS) is 16.6. The highest BCUT2D eigenvalue weighted by Gasteiger charge is 2.29. The summed E-state index contributed by atoms with van der Waals surface area (Å²) >= 11 is 1.56. The smallest absolute Gasteiger partial charge is 0.291 e. The molecule has 1 saturated heterocycles. The fourth-order valence-electron chi connectivity index (χ4n) is 3.91. The quantitative estimate of drug-likeness (QED) is 0.686. The van der Waals surface area contributed by atoms with Crippen molar-refractivity contribution in [1.82, 2.24) is 19.1 Å². The molecule has 3 aromatic heterocycles. The Morgan fingerprint density at radius 2 is 1.93 bits per heavy atom. The van der Waals surface area contributed by atoms with Gasteiger partial charge < -0.3 is 10.6 Å². The van der Waals surface area contributed by atoms with Crippen LogP contribution in [0.5, 0.6) is 0 Å². The third kappa shape index (κ3) is 4.92. The lowest BCUT2D eigenvalue weighted by Gasteiger charge is -2.25. The first kappa shape index (κ1) is 22.5. The van der Waals surface area contributed by atoms with E-state index >= 15 is 0 Å². The van der Waals surface area contributed by atoms with Gasteiger partial charge in [-0.3, -0.25) is 14.0 Å². The molecule has 3 aromatic rings. The lowest BCUT2D eigenvalue weighted by atomic mass is 10.1. The molecule has 7 nitrogen and oxygen atoms in total. The number of nitrogens with two attached hydrogens (primary N) is 1. The molecule has 1 aliphatic carbocycles. The molecule has 0 radical (unpaired) electrons. The van der Waals surface area contributed by atoms with Crippen molar-refractivity contribution in [2.75, 3.05) is 13.1 Å². The molecular formula is C22H33N5O2S. The molecule has 0 spiro atoms. The predicted molar refractivity (Wildman–Crippen MR) is 123 cm³/mol. The number of nitrogens with zero attached hydrogens (tertiary/aromatic N) is 4. The highest BCUT2D eigenvalue weighted by Crippen LogP contribution is 2.29. The lowest BCUT2D eigenvalue weighted by molar-refractivity contribution is -0.118. The molecule has 2 fully saturated rings. The largest absolute Gasteiger partial charge is 0.368 e. The molecule has 1 aliphatic heterocycles. The van der Waals surface area contributed by atoms with Crippen molar-refractivity contribution < 1.29 is 4.79 Å². The monoisotopic (exact) mass is 431 g/mol. The summed E-state index contributed by atoms with van der Waals surface area (Å²) in [6, 6.07) is 4.81. The van der Waals surface area contributed by atoms with Gasteiger partial charge in [0.1, 0.15) is 22.7 Å². The molecule has 5 rings (SSSR count). The maximum Gasteiger partial charge on any atom is 0.291 e. The van der Waals surface area contributed by atoms with Gasteiger partial charge in [0.05, 0.1) is 0 Å². The lowest BCUT2D eigenvalue weighted by Crippen LogP contribution is -2.32. The van der Waals surface area contributed by atoms with E-state index in [9.17, 15) is 9.59 Å². The third-order valence-corrected chi connectivity index (χ3v) is 6.35. The summed E-state index contributed by atoms with van der Waals surface area (Å²) in [5.74, 6) is 0.169.